The van der Waals surface area contributed by atoms with E-state index in [0.29, 0.717) is 11.3 Å². The van der Waals surface area contributed by atoms with Crippen LogP contribution in [0.3, 0.4) is 0 Å². The molecular weight excluding hydrogens is 288 g/mol. The fourth-order valence-electron chi connectivity index (χ4n) is 1.95. The number of anilines is 1. The van der Waals surface area contributed by atoms with Crippen molar-refractivity contribution >= 4 is 23.6 Å². The van der Waals surface area contributed by atoms with Crippen molar-refractivity contribution in [3.05, 3.63) is 71.4 Å². The predicted octanol–water partition coefficient (Wildman–Crippen LogP) is 2.78. The van der Waals surface area contributed by atoms with Crippen molar-refractivity contribution in [1.82, 2.24) is 5.32 Å². The summed E-state index contributed by atoms with van der Waals surface area (Å²) in [5.41, 5.74) is 2.20. The second-order valence-electron chi connectivity index (χ2n) is 4.83. The SMILES string of the molecule is C#Cc1cccc(NC(=O)C(=Cc2ccccc2)NC(C)=O)c1. The first-order valence-corrected chi connectivity index (χ1v) is 7.01. The van der Waals surface area contributed by atoms with Gasteiger partial charge in [-0.3, -0.25) is 9.59 Å². The molecule has 0 bridgehead atoms. The highest BCUT2D eigenvalue weighted by Gasteiger charge is 2.11. The van der Waals surface area contributed by atoms with Gasteiger partial charge in [0.15, 0.2) is 0 Å². The normalized spacial score (nSPS) is 10.5. The lowest BCUT2D eigenvalue weighted by molar-refractivity contribution is -0.120. The first kappa shape index (κ1) is 16.1. The lowest BCUT2D eigenvalue weighted by Gasteiger charge is -2.10. The molecule has 2 aromatic rings. The van der Waals surface area contributed by atoms with E-state index >= 15 is 0 Å². The molecule has 0 spiro atoms. The fourth-order valence-corrected chi connectivity index (χ4v) is 1.95. The van der Waals surface area contributed by atoms with Crippen LogP contribution in [-0.2, 0) is 9.59 Å². The minimum atomic E-state index is -0.418. The Morgan fingerprint density at radius 3 is 2.48 bits per heavy atom. The molecule has 0 saturated heterocycles. The van der Waals surface area contributed by atoms with Crippen LogP contribution in [0.4, 0.5) is 5.69 Å². The van der Waals surface area contributed by atoms with Crippen molar-refractivity contribution in [2.24, 2.45) is 0 Å². The third-order valence-corrected chi connectivity index (χ3v) is 2.95. The van der Waals surface area contributed by atoms with Crippen molar-refractivity contribution in [3.8, 4) is 12.3 Å². The van der Waals surface area contributed by atoms with Crippen LogP contribution in [-0.4, -0.2) is 11.8 Å². The van der Waals surface area contributed by atoms with E-state index in [1.54, 1.807) is 30.3 Å². The Balaban J connectivity index is 2.25. The summed E-state index contributed by atoms with van der Waals surface area (Å²) in [6.07, 6.45) is 6.96. The number of carbonyl (C=O) groups is 2. The molecule has 0 aromatic heterocycles. The highest BCUT2D eigenvalue weighted by Crippen LogP contribution is 2.12. The van der Waals surface area contributed by atoms with Crippen molar-refractivity contribution in [3.63, 3.8) is 0 Å². The zero-order chi connectivity index (χ0) is 16.7. The monoisotopic (exact) mass is 304 g/mol. The van der Waals surface area contributed by atoms with Gasteiger partial charge in [0, 0.05) is 18.2 Å². The summed E-state index contributed by atoms with van der Waals surface area (Å²) in [5.74, 6) is 1.77. The summed E-state index contributed by atoms with van der Waals surface area (Å²) >= 11 is 0. The Morgan fingerprint density at radius 2 is 1.83 bits per heavy atom. The van der Waals surface area contributed by atoms with E-state index in [4.69, 9.17) is 6.42 Å². The summed E-state index contributed by atoms with van der Waals surface area (Å²) in [5, 5.41) is 5.27. The summed E-state index contributed by atoms with van der Waals surface area (Å²) in [6.45, 7) is 1.35. The number of hydrogen-bond donors (Lipinski definition) is 2. The largest absolute Gasteiger partial charge is 0.322 e. The topological polar surface area (TPSA) is 58.2 Å². The molecule has 0 aliphatic carbocycles. The molecule has 2 rings (SSSR count). The molecule has 2 aromatic carbocycles. The van der Waals surface area contributed by atoms with E-state index in [9.17, 15) is 9.59 Å². The molecule has 0 fully saturated rings. The lowest BCUT2D eigenvalue weighted by atomic mass is 10.1. The van der Waals surface area contributed by atoms with Crippen LogP contribution in [0.15, 0.2) is 60.3 Å². The molecule has 0 radical (unpaired) electrons. The second-order valence-corrected chi connectivity index (χ2v) is 4.83. The molecule has 114 valence electrons. The van der Waals surface area contributed by atoms with E-state index in [0.717, 1.165) is 5.56 Å². The number of carbonyl (C=O) groups excluding carboxylic acids is 2. The second kappa shape index (κ2) is 7.62. The summed E-state index contributed by atoms with van der Waals surface area (Å²) < 4.78 is 0. The van der Waals surface area contributed by atoms with Crippen LogP contribution in [0.1, 0.15) is 18.1 Å². The molecular formula is C19H16N2O2. The van der Waals surface area contributed by atoms with Crippen molar-refractivity contribution < 1.29 is 9.59 Å². The number of amides is 2. The molecule has 0 heterocycles. The first-order chi connectivity index (χ1) is 11.1. The van der Waals surface area contributed by atoms with Gasteiger partial charge in [-0.15, -0.1) is 6.42 Å². The average Bonchev–Trinajstić information content (AvgIpc) is 2.55. The van der Waals surface area contributed by atoms with E-state index in [-0.39, 0.29) is 11.6 Å². The molecule has 23 heavy (non-hydrogen) atoms. The number of terminal acetylenes is 1. The van der Waals surface area contributed by atoms with Gasteiger partial charge >= 0.3 is 0 Å². The Kier molecular flexibility index (Phi) is 5.32. The van der Waals surface area contributed by atoms with Crippen LogP contribution in [0, 0.1) is 12.3 Å². The van der Waals surface area contributed by atoms with E-state index in [1.807, 2.05) is 30.3 Å². The van der Waals surface area contributed by atoms with Gasteiger partial charge in [-0.1, -0.05) is 42.3 Å². The van der Waals surface area contributed by atoms with Gasteiger partial charge in [0.1, 0.15) is 5.70 Å². The summed E-state index contributed by atoms with van der Waals surface area (Å²) in [4.78, 5) is 23.7. The smallest absolute Gasteiger partial charge is 0.272 e. The zero-order valence-corrected chi connectivity index (χ0v) is 12.7. The van der Waals surface area contributed by atoms with E-state index < -0.39 is 5.91 Å². The van der Waals surface area contributed by atoms with Crippen molar-refractivity contribution in [1.29, 1.82) is 0 Å². The van der Waals surface area contributed by atoms with Gasteiger partial charge < -0.3 is 10.6 Å². The van der Waals surface area contributed by atoms with Gasteiger partial charge in [-0.25, -0.2) is 0 Å². The molecule has 4 nitrogen and oxygen atoms in total. The Bertz CT molecular complexity index is 787. The maximum atomic E-state index is 12.4. The minimum absolute atomic E-state index is 0.162. The van der Waals surface area contributed by atoms with E-state index in [2.05, 4.69) is 16.6 Å². The molecule has 0 unspecified atom stereocenters. The Hall–Kier alpha value is -3.32. The van der Waals surface area contributed by atoms with Gasteiger partial charge in [-0.2, -0.15) is 0 Å². The van der Waals surface area contributed by atoms with Gasteiger partial charge in [0.25, 0.3) is 5.91 Å². The van der Waals surface area contributed by atoms with Crippen LogP contribution in [0.2, 0.25) is 0 Å². The molecule has 0 atom stereocenters. The molecule has 2 N–H and O–H groups in total. The number of hydrogen-bond acceptors (Lipinski definition) is 2. The number of rotatable bonds is 4. The number of nitrogens with one attached hydrogen (secondary N) is 2. The molecule has 0 saturated carbocycles. The fraction of sp³-hybridized carbons (Fsp3) is 0.0526. The van der Waals surface area contributed by atoms with Crippen LogP contribution in [0.25, 0.3) is 6.08 Å². The van der Waals surface area contributed by atoms with Gasteiger partial charge in [-0.05, 0) is 29.8 Å². The third-order valence-electron chi connectivity index (χ3n) is 2.95. The van der Waals surface area contributed by atoms with Gasteiger partial charge in [0.05, 0.1) is 0 Å². The molecule has 0 aliphatic rings. The zero-order valence-electron chi connectivity index (χ0n) is 12.7. The first-order valence-electron chi connectivity index (χ1n) is 7.01. The highest BCUT2D eigenvalue weighted by atomic mass is 16.2. The predicted molar refractivity (Wildman–Crippen MR) is 91.2 cm³/mol. The molecule has 2 amide bonds. The Morgan fingerprint density at radius 1 is 1.09 bits per heavy atom. The van der Waals surface area contributed by atoms with Crippen LogP contribution < -0.4 is 10.6 Å². The number of benzene rings is 2. The quantitative estimate of drug-likeness (QED) is 0.674. The van der Waals surface area contributed by atoms with Crippen LogP contribution >= 0.6 is 0 Å². The molecule has 4 heteroatoms. The van der Waals surface area contributed by atoms with Gasteiger partial charge in [0.2, 0.25) is 5.91 Å². The van der Waals surface area contributed by atoms with Crippen LogP contribution in [0.5, 0.6) is 0 Å². The van der Waals surface area contributed by atoms with Crippen molar-refractivity contribution in [2.75, 3.05) is 5.32 Å². The maximum absolute atomic E-state index is 12.4. The third kappa shape index (κ3) is 4.87. The maximum Gasteiger partial charge on any atom is 0.272 e. The minimum Gasteiger partial charge on any atom is -0.322 e. The van der Waals surface area contributed by atoms with Crippen molar-refractivity contribution in [2.45, 2.75) is 6.92 Å². The molecule has 0 aliphatic heterocycles. The summed E-state index contributed by atoms with van der Waals surface area (Å²) in [6, 6.07) is 16.2. The average molecular weight is 304 g/mol. The highest BCUT2D eigenvalue weighted by molar-refractivity contribution is 6.08. The lowest BCUT2D eigenvalue weighted by Crippen LogP contribution is -2.28. The Labute approximate surface area is 135 Å². The van der Waals surface area contributed by atoms with E-state index in [1.165, 1.54) is 6.92 Å². The summed E-state index contributed by atoms with van der Waals surface area (Å²) in [7, 11) is 0. The standard InChI is InChI=1S/C19H16N2O2/c1-3-15-10-7-11-17(12-15)21-19(23)18(20-14(2)22)13-16-8-5-4-6-9-16/h1,4-13H,2H3,(H,20,22)(H,21,23).